The third-order valence-electron chi connectivity index (χ3n) is 5.70. The van der Waals surface area contributed by atoms with Gasteiger partial charge in [-0.25, -0.2) is 4.98 Å². The number of anilines is 1. The number of rotatable bonds is 9. The van der Waals surface area contributed by atoms with E-state index < -0.39 is 0 Å². The number of methoxy groups -OCH3 is 3. The van der Waals surface area contributed by atoms with Crippen molar-refractivity contribution in [2.75, 3.05) is 39.2 Å². The molecule has 2 heterocycles. The zero-order valence-corrected chi connectivity index (χ0v) is 21.3. The van der Waals surface area contributed by atoms with Gasteiger partial charge in [0.2, 0.25) is 12.7 Å². The van der Waals surface area contributed by atoms with Crippen molar-refractivity contribution in [3.05, 3.63) is 60.7 Å². The summed E-state index contributed by atoms with van der Waals surface area (Å²) in [7, 11) is 4.81. The van der Waals surface area contributed by atoms with E-state index in [1.165, 1.54) is 11.8 Å². The fourth-order valence-corrected chi connectivity index (χ4v) is 4.65. The van der Waals surface area contributed by atoms with Crippen LogP contribution < -0.4 is 29.0 Å². The summed E-state index contributed by atoms with van der Waals surface area (Å²) in [5, 5.41) is 3.59. The van der Waals surface area contributed by atoms with Gasteiger partial charge in [0.25, 0.3) is 0 Å². The van der Waals surface area contributed by atoms with Crippen LogP contribution in [0.1, 0.15) is 0 Å². The number of hydrogen-bond acceptors (Lipinski definition) is 8. The molecule has 4 aromatic rings. The Hall–Kier alpha value is -4.31. The Morgan fingerprint density at radius 2 is 1.68 bits per heavy atom. The summed E-state index contributed by atoms with van der Waals surface area (Å²) in [6.07, 6.45) is 0. The van der Waals surface area contributed by atoms with E-state index in [0.29, 0.717) is 39.5 Å². The van der Waals surface area contributed by atoms with Crippen LogP contribution in [0.2, 0.25) is 0 Å². The first kappa shape index (κ1) is 24.4. The third-order valence-corrected chi connectivity index (χ3v) is 6.68. The predicted molar refractivity (Wildman–Crippen MR) is 141 cm³/mol. The normalized spacial score (nSPS) is 11.8. The Labute approximate surface area is 218 Å². The zero-order chi connectivity index (χ0) is 25.8. The Morgan fingerprint density at radius 3 is 2.43 bits per heavy atom. The second kappa shape index (κ2) is 10.8. The molecule has 5 rings (SSSR count). The van der Waals surface area contributed by atoms with E-state index in [1.807, 2.05) is 42.5 Å². The van der Waals surface area contributed by atoms with Crippen LogP contribution in [0, 0.1) is 0 Å². The molecule has 0 fully saturated rings. The van der Waals surface area contributed by atoms with Crippen molar-refractivity contribution in [1.82, 2.24) is 9.97 Å². The molecule has 0 saturated heterocycles. The van der Waals surface area contributed by atoms with E-state index in [0.717, 1.165) is 22.6 Å². The van der Waals surface area contributed by atoms with Crippen LogP contribution in [0.15, 0.2) is 65.7 Å². The molecule has 0 unspecified atom stereocenters. The molecule has 1 aliphatic heterocycles. The molecular weight excluding hydrogens is 494 g/mol. The highest BCUT2D eigenvalue weighted by Crippen LogP contribution is 2.37. The van der Waals surface area contributed by atoms with Crippen molar-refractivity contribution in [1.29, 1.82) is 0 Å². The van der Waals surface area contributed by atoms with Crippen LogP contribution in [0.25, 0.3) is 22.6 Å². The van der Waals surface area contributed by atoms with Gasteiger partial charge in [0, 0.05) is 22.9 Å². The van der Waals surface area contributed by atoms with Gasteiger partial charge in [0.05, 0.1) is 32.8 Å². The second-order valence-electron chi connectivity index (χ2n) is 7.97. The number of imidazole rings is 1. The largest absolute Gasteiger partial charge is 0.497 e. The van der Waals surface area contributed by atoms with Gasteiger partial charge >= 0.3 is 0 Å². The number of aromatic nitrogens is 2. The van der Waals surface area contributed by atoms with Crippen LogP contribution in [-0.2, 0) is 4.79 Å². The topological polar surface area (TPSA) is 104 Å². The molecule has 0 saturated carbocycles. The molecule has 0 radical (unpaired) electrons. The average molecular weight is 520 g/mol. The number of ether oxygens (including phenoxy) is 5. The monoisotopic (exact) mass is 519 g/mol. The highest BCUT2D eigenvalue weighted by molar-refractivity contribution is 8.00. The van der Waals surface area contributed by atoms with Crippen LogP contribution in [-0.4, -0.2) is 49.8 Å². The summed E-state index contributed by atoms with van der Waals surface area (Å²) in [5.41, 5.74) is 3.18. The first-order valence-corrected chi connectivity index (χ1v) is 12.4. The van der Waals surface area contributed by atoms with Crippen LogP contribution in [0.5, 0.6) is 28.7 Å². The maximum atomic E-state index is 12.8. The first-order valence-electron chi connectivity index (χ1n) is 11.4. The molecule has 9 nitrogen and oxygen atoms in total. The van der Waals surface area contributed by atoms with Gasteiger partial charge in [-0.3, -0.25) is 4.79 Å². The van der Waals surface area contributed by atoms with Crippen molar-refractivity contribution in [3.8, 4) is 51.4 Å². The van der Waals surface area contributed by atoms with Crippen LogP contribution >= 0.6 is 11.8 Å². The number of aromatic amines is 1. The third kappa shape index (κ3) is 5.29. The number of H-pyrrole nitrogens is 1. The van der Waals surface area contributed by atoms with Gasteiger partial charge in [-0.05, 0) is 54.6 Å². The molecule has 1 amide bonds. The minimum Gasteiger partial charge on any atom is -0.497 e. The summed E-state index contributed by atoms with van der Waals surface area (Å²) in [6.45, 7) is 0.179. The molecular formula is C27H25N3O6S. The van der Waals surface area contributed by atoms with Crippen molar-refractivity contribution in [2.45, 2.75) is 5.03 Å². The fourth-order valence-electron chi connectivity index (χ4n) is 3.84. The Balaban J connectivity index is 1.39. The zero-order valence-electron chi connectivity index (χ0n) is 20.5. The minimum atomic E-state index is -0.166. The van der Waals surface area contributed by atoms with Crippen LogP contribution in [0.3, 0.4) is 0 Å². The highest BCUT2D eigenvalue weighted by atomic mass is 32.2. The molecule has 1 aromatic heterocycles. The number of thioether (sulfide) groups is 1. The SMILES string of the molecule is COc1ccc(-c2[nH]c(-c3ccc(OC)c(OC)c3)nc2SCC(=O)Nc2ccc3c(c2)OCO3)cc1. The summed E-state index contributed by atoms with van der Waals surface area (Å²) < 4.78 is 26.8. The van der Waals surface area contributed by atoms with E-state index in [1.54, 1.807) is 39.5 Å². The number of hydrogen-bond donors (Lipinski definition) is 2. The van der Waals surface area contributed by atoms with E-state index >= 15 is 0 Å². The summed E-state index contributed by atoms with van der Waals surface area (Å²) >= 11 is 1.34. The smallest absolute Gasteiger partial charge is 0.234 e. The molecule has 37 heavy (non-hydrogen) atoms. The van der Waals surface area contributed by atoms with Gasteiger partial charge in [-0.1, -0.05) is 11.8 Å². The number of carbonyl (C=O) groups is 1. The quantitative estimate of drug-likeness (QED) is 0.290. The maximum Gasteiger partial charge on any atom is 0.234 e. The number of benzene rings is 3. The van der Waals surface area contributed by atoms with Crippen molar-refractivity contribution in [2.24, 2.45) is 0 Å². The molecule has 3 aromatic carbocycles. The Morgan fingerprint density at radius 1 is 0.919 bits per heavy atom. The lowest BCUT2D eigenvalue weighted by molar-refractivity contribution is -0.113. The van der Waals surface area contributed by atoms with E-state index in [2.05, 4.69) is 10.3 Å². The van der Waals surface area contributed by atoms with E-state index in [-0.39, 0.29) is 18.5 Å². The van der Waals surface area contributed by atoms with Gasteiger partial charge < -0.3 is 34.0 Å². The molecule has 10 heteroatoms. The van der Waals surface area contributed by atoms with Crippen molar-refractivity contribution >= 4 is 23.4 Å². The van der Waals surface area contributed by atoms with Crippen LogP contribution in [0.4, 0.5) is 5.69 Å². The molecule has 0 spiro atoms. The number of carbonyl (C=O) groups excluding carboxylic acids is 1. The molecule has 1 aliphatic rings. The number of nitrogens with one attached hydrogen (secondary N) is 2. The van der Waals surface area contributed by atoms with E-state index in [9.17, 15) is 4.79 Å². The molecule has 0 aliphatic carbocycles. The maximum absolute atomic E-state index is 12.8. The van der Waals surface area contributed by atoms with Gasteiger partial charge in [0.1, 0.15) is 16.6 Å². The number of amides is 1. The van der Waals surface area contributed by atoms with Gasteiger partial charge in [0.15, 0.2) is 23.0 Å². The lowest BCUT2D eigenvalue weighted by Crippen LogP contribution is -2.14. The lowest BCUT2D eigenvalue weighted by Gasteiger charge is -2.08. The first-order chi connectivity index (χ1) is 18.1. The Bertz CT molecular complexity index is 1420. The van der Waals surface area contributed by atoms with Gasteiger partial charge in [-0.2, -0.15) is 0 Å². The summed E-state index contributed by atoms with van der Waals surface area (Å²) in [5.74, 6) is 3.89. The lowest BCUT2D eigenvalue weighted by atomic mass is 10.1. The van der Waals surface area contributed by atoms with Crippen molar-refractivity contribution < 1.29 is 28.5 Å². The summed E-state index contributed by atoms with van der Waals surface area (Å²) in [4.78, 5) is 21.0. The highest BCUT2D eigenvalue weighted by Gasteiger charge is 2.18. The van der Waals surface area contributed by atoms with Gasteiger partial charge in [-0.15, -0.1) is 0 Å². The second-order valence-corrected chi connectivity index (χ2v) is 8.93. The minimum absolute atomic E-state index is 0.161. The van der Waals surface area contributed by atoms with E-state index in [4.69, 9.17) is 28.7 Å². The number of nitrogens with zero attached hydrogens (tertiary/aromatic N) is 1. The standard InChI is InChI=1S/C27H25N3O6S/c1-32-19-8-4-16(5-9-19)25-27(30-26(29-25)17-6-10-20(33-2)22(12-17)34-3)37-14-24(31)28-18-7-11-21-23(13-18)36-15-35-21/h4-13H,14-15H2,1-3H3,(H,28,31)(H,29,30). The molecule has 190 valence electrons. The van der Waals surface area contributed by atoms with Crippen molar-refractivity contribution in [3.63, 3.8) is 0 Å². The summed E-state index contributed by atoms with van der Waals surface area (Å²) in [6, 6.07) is 18.5. The average Bonchev–Trinajstić information content (AvgIpc) is 3.58. The number of fused-ring (bicyclic) bond motifs is 1. The molecule has 0 bridgehead atoms. The molecule has 2 N–H and O–H groups in total. The molecule has 0 atom stereocenters. The Kier molecular flexibility index (Phi) is 7.09. The fraction of sp³-hybridized carbons (Fsp3) is 0.185. The predicted octanol–water partition coefficient (Wildman–Crippen LogP) is 5.23.